The van der Waals surface area contributed by atoms with Crippen molar-refractivity contribution in [3.05, 3.63) is 104 Å². The molecule has 8 bridgehead atoms. The molecule has 12 rings (SSSR count). The van der Waals surface area contributed by atoms with Gasteiger partial charge >= 0.3 is 0 Å². The summed E-state index contributed by atoms with van der Waals surface area (Å²) in [7, 11) is 3.48. The van der Waals surface area contributed by atoms with Crippen LogP contribution in [0.3, 0.4) is 0 Å². The Kier molecular flexibility index (Phi) is 10.2. The number of carbonyl (C=O) groups excluding carboxylic acids is 2. The lowest BCUT2D eigenvalue weighted by Gasteiger charge is -2.48. The molecule has 1 saturated carbocycles. The molecule has 0 spiro atoms. The van der Waals surface area contributed by atoms with Gasteiger partial charge in [0.25, 0.3) is 5.91 Å². The Balaban J connectivity index is 1.15. The van der Waals surface area contributed by atoms with Crippen LogP contribution >= 0.6 is 0 Å². The van der Waals surface area contributed by atoms with Gasteiger partial charge in [0.2, 0.25) is 6.29 Å². The van der Waals surface area contributed by atoms with Gasteiger partial charge in [-0.2, -0.15) is 0 Å². The Bertz CT molecular complexity index is 3000. The van der Waals surface area contributed by atoms with Crippen LogP contribution in [0, 0.1) is 17.9 Å². The van der Waals surface area contributed by atoms with Crippen molar-refractivity contribution in [1.82, 2.24) is 15.2 Å². The highest BCUT2D eigenvalue weighted by Crippen LogP contribution is 2.62. The van der Waals surface area contributed by atoms with Crippen molar-refractivity contribution in [3.8, 4) is 29.3 Å². The van der Waals surface area contributed by atoms with Crippen LogP contribution in [0.1, 0.15) is 115 Å². The van der Waals surface area contributed by atoms with Crippen LogP contribution in [-0.2, 0) is 40.1 Å². The Morgan fingerprint density at radius 2 is 1.96 bits per heavy atom. The molecule has 346 valence electrons. The number of benzene rings is 4. The smallest absolute Gasteiger partial charge is 0.254 e. The van der Waals surface area contributed by atoms with Gasteiger partial charge in [-0.15, -0.1) is 0 Å². The van der Waals surface area contributed by atoms with Crippen LogP contribution in [0.2, 0.25) is 0 Å². The number of phenols is 1. The third-order valence-corrected chi connectivity index (χ3v) is 15.8. The molecule has 9 unspecified atom stereocenters. The molecule has 1 saturated heterocycles. The maximum absolute atomic E-state index is 15.3. The number of fused-ring (bicyclic) bond motifs is 8. The largest absolute Gasteiger partial charge is 0.506 e. The van der Waals surface area contributed by atoms with E-state index in [0.29, 0.717) is 35.8 Å². The number of phenolic OH excluding ortho intramolecular Hbond substituents is 1. The minimum atomic E-state index is -2.44. The molecule has 5 heterocycles. The van der Waals surface area contributed by atoms with Crippen molar-refractivity contribution < 1.29 is 53.7 Å². The first kappa shape index (κ1) is 42.4. The van der Waals surface area contributed by atoms with Crippen molar-refractivity contribution in [2.24, 2.45) is 5.92 Å². The van der Waals surface area contributed by atoms with E-state index in [1.807, 2.05) is 43.6 Å². The predicted molar refractivity (Wildman–Crippen MR) is 246 cm³/mol. The molecule has 4 aliphatic heterocycles. The average Bonchev–Trinajstić information content (AvgIpc) is 4.06. The van der Waals surface area contributed by atoms with Crippen molar-refractivity contribution in [2.75, 3.05) is 33.9 Å². The maximum Gasteiger partial charge on any atom is 0.254 e. The van der Waals surface area contributed by atoms with Crippen LogP contribution in [0.25, 0.3) is 27.8 Å². The molecular weight excluding hydrogens is 855 g/mol. The van der Waals surface area contributed by atoms with Crippen molar-refractivity contribution in [3.63, 3.8) is 0 Å². The van der Waals surface area contributed by atoms with Crippen LogP contribution in [0.5, 0.6) is 17.2 Å². The summed E-state index contributed by atoms with van der Waals surface area (Å²) >= 11 is 0. The van der Waals surface area contributed by atoms with Gasteiger partial charge in [0, 0.05) is 53.3 Å². The standard InChI is InChI=1S/C53H53N3O11/c1-54-20-26-11-15-37-34(18-26)35(21-55-37)39-16-14-33-48(63-2)32-13-12-29-19-28-7-4-9-30(28)42-41(29)43(32)45-47(60)44(42)38(58)23-56-22-36-27(6-3-10-31(36)51(56)61)8-5-17-64-50-46(59)40(24-65-39)66-52(67-49(33)45)53(50,62)25-57/h3,6,10-11,14-16,18,21,28-30,39-40,46,50,52,54-55,57,59-60,62H,4,7-9,12-13,19-20,22-25H2,1-2H3. The highest BCUT2D eigenvalue weighted by Gasteiger charge is 2.59. The number of aliphatic hydroxyl groups is 3. The first-order valence-corrected chi connectivity index (χ1v) is 23.5. The summed E-state index contributed by atoms with van der Waals surface area (Å²) in [5.74, 6) is 2.99. The summed E-state index contributed by atoms with van der Waals surface area (Å²) in [5, 5.41) is 54.3. The molecule has 7 aliphatic rings. The fourth-order valence-corrected chi connectivity index (χ4v) is 12.7. The fourth-order valence-electron chi connectivity index (χ4n) is 12.7. The summed E-state index contributed by atoms with van der Waals surface area (Å²) in [6.45, 7) is -0.647. The summed E-state index contributed by atoms with van der Waals surface area (Å²) in [4.78, 5) is 34.4. The molecule has 1 aromatic heterocycles. The third-order valence-electron chi connectivity index (χ3n) is 15.8. The van der Waals surface area contributed by atoms with E-state index in [0.717, 1.165) is 87.3 Å². The Morgan fingerprint density at radius 3 is 2.79 bits per heavy atom. The van der Waals surface area contributed by atoms with E-state index in [2.05, 4.69) is 28.4 Å². The Morgan fingerprint density at radius 1 is 1.07 bits per heavy atom. The number of rotatable bonds is 5. The van der Waals surface area contributed by atoms with Gasteiger partial charge in [-0.3, -0.25) is 9.59 Å². The predicted octanol–water partition coefficient (Wildman–Crippen LogP) is 5.79. The monoisotopic (exact) mass is 907 g/mol. The molecule has 5 aromatic rings. The number of aromatic hydroxyl groups is 1. The van der Waals surface area contributed by atoms with Crippen LogP contribution in [0.15, 0.2) is 48.7 Å². The normalized spacial score (nSPS) is 29.4. The lowest BCUT2D eigenvalue weighted by atomic mass is 9.64. The van der Waals surface area contributed by atoms with Gasteiger partial charge < -0.3 is 59.3 Å². The van der Waals surface area contributed by atoms with E-state index in [1.54, 1.807) is 24.1 Å². The molecule has 3 aliphatic carbocycles. The SMILES string of the molecule is CNCc1ccc2[nH]cc(C3C=Cc4c(OC)c5c6c7c(c8c(O)c6c4OC4OC(CO3)C(O)C(OC#CCc3cccc6c3CN(CC8=O)C6=O)C4(O)CO)C3CCCC3CC7CC5)c2c1. The lowest BCUT2D eigenvalue weighted by molar-refractivity contribution is -0.328. The molecule has 14 heteroatoms. The number of methoxy groups -OCH3 is 1. The van der Waals surface area contributed by atoms with Crippen LogP contribution in [-0.4, -0.2) is 106 Å². The average molecular weight is 908 g/mol. The van der Waals surface area contributed by atoms with E-state index in [4.69, 9.17) is 23.7 Å². The van der Waals surface area contributed by atoms with Gasteiger partial charge in [0.1, 0.15) is 41.7 Å². The Hall–Kier alpha value is -5.92. The molecule has 4 aromatic carbocycles. The number of aromatic amines is 1. The topological polar surface area (TPSA) is 192 Å². The maximum atomic E-state index is 15.3. The highest BCUT2D eigenvalue weighted by atomic mass is 16.7. The summed E-state index contributed by atoms with van der Waals surface area (Å²) in [6, 6.07) is 11.5. The number of aromatic nitrogens is 1. The van der Waals surface area contributed by atoms with E-state index in [-0.39, 0.29) is 72.1 Å². The number of H-pyrrole nitrogens is 1. The van der Waals surface area contributed by atoms with Crippen molar-refractivity contribution in [1.29, 1.82) is 0 Å². The van der Waals surface area contributed by atoms with Gasteiger partial charge in [-0.05, 0) is 114 Å². The third kappa shape index (κ3) is 6.39. The molecule has 6 N–H and O–H groups in total. The van der Waals surface area contributed by atoms with E-state index >= 15 is 4.79 Å². The molecule has 9 atom stereocenters. The molecular formula is C53H53N3O11. The zero-order valence-electron chi connectivity index (χ0n) is 37.4. The quantitative estimate of drug-likeness (QED) is 0.117. The molecule has 67 heavy (non-hydrogen) atoms. The van der Waals surface area contributed by atoms with E-state index in [9.17, 15) is 25.2 Å². The number of nitrogens with zero attached hydrogens (tertiary/aromatic N) is 1. The van der Waals surface area contributed by atoms with E-state index < -0.39 is 42.9 Å². The van der Waals surface area contributed by atoms with Gasteiger partial charge in [0.15, 0.2) is 17.5 Å². The van der Waals surface area contributed by atoms with Crippen molar-refractivity contribution in [2.45, 2.75) is 106 Å². The van der Waals surface area contributed by atoms with Gasteiger partial charge in [-0.25, -0.2) is 0 Å². The van der Waals surface area contributed by atoms with Gasteiger partial charge in [-0.1, -0.05) is 36.6 Å². The Labute approximate surface area is 386 Å². The highest BCUT2D eigenvalue weighted by molar-refractivity contribution is 6.14. The molecule has 14 nitrogen and oxygen atoms in total. The van der Waals surface area contributed by atoms with Gasteiger partial charge in [0.05, 0.1) is 43.4 Å². The number of nitrogens with one attached hydrogen (secondary N) is 2. The summed E-state index contributed by atoms with van der Waals surface area (Å²) < 4.78 is 32.8. The van der Waals surface area contributed by atoms with E-state index in [1.165, 1.54) is 0 Å². The molecule has 0 radical (unpaired) electrons. The first-order valence-electron chi connectivity index (χ1n) is 23.5. The zero-order chi connectivity index (χ0) is 45.9. The lowest BCUT2D eigenvalue weighted by Crippen LogP contribution is -2.70. The number of aliphatic hydroxyl groups excluding tert-OH is 2. The number of aryl methyl sites for hydroxylation is 1. The second-order valence-corrected chi connectivity index (χ2v) is 19.4. The number of ether oxygens (including phenoxy) is 5. The summed E-state index contributed by atoms with van der Waals surface area (Å²) in [5.41, 5.74) is 5.53. The number of hydrogen-bond donors (Lipinski definition) is 6. The second-order valence-electron chi connectivity index (χ2n) is 19.4. The number of carbonyl (C=O) groups is 2. The number of ketones is 1. The van der Waals surface area contributed by atoms with Crippen LogP contribution < -0.4 is 14.8 Å². The van der Waals surface area contributed by atoms with Crippen LogP contribution in [0.4, 0.5) is 0 Å². The second kappa shape index (κ2) is 16.1. The number of hydrogen-bond acceptors (Lipinski definition) is 12. The molecule has 1 amide bonds. The summed E-state index contributed by atoms with van der Waals surface area (Å²) in [6.07, 6.45) is 6.74. The number of Topliss-reactive ketones (excluding diaryl/α,β-unsaturated/α-hetero) is 1. The zero-order valence-corrected chi connectivity index (χ0v) is 37.4. The number of amides is 1. The molecule has 2 fully saturated rings. The first-order chi connectivity index (χ1) is 32.6. The minimum absolute atomic E-state index is 0.0222. The van der Waals surface area contributed by atoms with Crippen molar-refractivity contribution >= 4 is 39.4 Å². The minimum Gasteiger partial charge on any atom is -0.506 e. The fraction of sp³-hybridized carbons (Fsp3) is 0.434.